The molecule has 8 nitrogen and oxygen atoms in total. The molecular weight excluding hydrogens is 388 g/mol. The minimum absolute atomic E-state index is 0.695. The molecule has 1 fully saturated rings. The molecule has 0 spiro atoms. The molecule has 5 heterocycles. The first kappa shape index (κ1) is 16.6. The van der Waals surface area contributed by atoms with E-state index in [0.717, 1.165) is 56.0 Å². The Balaban J connectivity index is 1.59. The van der Waals surface area contributed by atoms with Crippen LogP contribution >= 0.6 is 11.3 Å². The van der Waals surface area contributed by atoms with Gasteiger partial charge in [0.05, 0.1) is 46.9 Å². The molecule has 1 N–H and O–H groups in total. The number of H-pyrrole nitrogens is 1. The topological polar surface area (TPSA) is 93.0 Å². The third kappa shape index (κ3) is 2.78. The van der Waals surface area contributed by atoms with E-state index in [9.17, 15) is 0 Å². The lowest BCUT2D eigenvalue weighted by Gasteiger charge is -2.28. The molecule has 0 aliphatic carbocycles. The molecule has 0 saturated carbocycles. The highest BCUT2D eigenvalue weighted by atomic mass is 32.1. The number of aromatic amines is 1. The minimum Gasteiger partial charge on any atom is -0.378 e. The molecule has 0 radical (unpaired) electrons. The van der Waals surface area contributed by atoms with Crippen molar-refractivity contribution in [2.45, 2.75) is 0 Å². The van der Waals surface area contributed by atoms with E-state index < -0.39 is 0 Å². The van der Waals surface area contributed by atoms with Gasteiger partial charge in [0.15, 0.2) is 11.6 Å². The van der Waals surface area contributed by atoms with Crippen LogP contribution in [-0.2, 0) is 4.74 Å². The number of rotatable bonds is 3. The number of hydrogen-bond acceptors (Lipinski definition) is 8. The first-order chi connectivity index (χ1) is 14.4. The maximum absolute atomic E-state index is 5.54. The quantitative estimate of drug-likeness (QED) is 0.490. The van der Waals surface area contributed by atoms with E-state index in [0.29, 0.717) is 19.0 Å². The standard InChI is InChI=1S/C20H16N6O2S/c1-2-13(14-10-21-25-15(14)3-1)19-23-16-8-17(12-9-22-28-11-12)29-18(16)20(24-19)26-4-6-27-7-5-26/h1-3,8-11H,4-7H2,(H,21,25). The summed E-state index contributed by atoms with van der Waals surface area (Å²) in [4.78, 5) is 13.3. The Morgan fingerprint density at radius 2 is 2.03 bits per heavy atom. The number of ether oxygens (including phenoxy) is 1. The molecule has 9 heteroatoms. The smallest absolute Gasteiger partial charge is 0.162 e. The van der Waals surface area contributed by atoms with Crippen molar-refractivity contribution in [2.24, 2.45) is 0 Å². The highest BCUT2D eigenvalue weighted by Crippen LogP contribution is 2.39. The second-order valence-corrected chi connectivity index (χ2v) is 7.90. The lowest BCUT2D eigenvalue weighted by Crippen LogP contribution is -2.36. The molecule has 1 aliphatic rings. The Bertz CT molecular complexity index is 1300. The van der Waals surface area contributed by atoms with Gasteiger partial charge in [0.1, 0.15) is 6.26 Å². The van der Waals surface area contributed by atoms with Gasteiger partial charge in [-0.05, 0) is 12.1 Å². The fourth-order valence-electron chi connectivity index (χ4n) is 3.66. The van der Waals surface area contributed by atoms with Gasteiger partial charge in [-0.15, -0.1) is 11.3 Å². The van der Waals surface area contributed by atoms with Gasteiger partial charge in [-0.1, -0.05) is 17.3 Å². The van der Waals surface area contributed by atoms with Crippen molar-refractivity contribution in [3.05, 3.63) is 42.9 Å². The molecular formula is C20H16N6O2S. The van der Waals surface area contributed by atoms with Gasteiger partial charge >= 0.3 is 0 Å². The van der Waals surface area contributed by atoms with Gasteiger partial charge in [-0.2, -0.15) is 5.10 Å². The van der Waals surface area contributed by atoms with Gasteiger partial charge in [0.2, 0.25) is 0 Å². The number of aromatic nitrogens is 5. The van der Waals surface area contributed by atoms with Crippen LogP contribution in [0.2, 0.25) is 0 Å². The second kappa shape index (κ2) is 6.64. The Labute approximate surface area is 169 Å². The van der Waals surface area contributed by atoms with Crippen LogP contribution in [0.5, 0.6) is 0 Å². The van der Waals surface area contributed by atoms with Crippen molar-refractivity contribution < 1.29 is 9.26 Å². The summed E-state index contributed by atoms with van der Waals surface area (Å²) in [7, 11) is 0. The van der Waals surface area contributed by atoms with Gasteiger partial charge in [-0.3, -0.25) is 5.10 Å². The van der Waals surface area contributed by atoms with Crippen molar-refractivity contribution in [3.8, 4) is 21.8 Å². The molecule has 0 bridgehead atoms. The van der Waals surface area contributed by atoms with Gasteiger partial charge < -0.3 is 14.2 Å². The SMILES string of the molecule is c1cc(-c2nc(N3CCOCC3)c3sc(-c4cnoc4)cc3n2)c2cn[nH]c2c1. The first-order valence-corrected chi connectivity index (χ1v) is 10.1. The second-order valence-electron chi connectivity index (χ2n) is 6.85. The van der Waals surface area contributed by atoms with Crippen molar-refractivity contribution >= 4 is 38.3 Å². The predicted molar refractivity (Wildman–Crippen MR) is 111 cm³/mol. The van der Waals surface area contributed by atoms with Crippen LogP contribution in [0.4, 0.5) is 5.82 Å². The van der Waals surface area contributed by atoms with Crippen LogP contribution < -0.4 is 4.90 Å². The lowest BCUT2D eigenvalue weighted by molar-refractivity contribution is 0.122. The largest absolute Gasteiger partial charge is 0.378 e. The van der Waals surface area contributed by atoms with E-state index in [1.807, 2.05) is 24.4 Å². The zero-order valence-corrected chi connectivity index (χ0v) is 16.1. The summed E-state index contributed by atoms with van der Waals surface area (Å²) in [6, 6.07) is 8.11. The Morgan fingerprint density at radius 1 is 1.10 bits per heavy atom. The normalized spacial score (nSPS) is 14.8. The highest BCUT2D eigenvalue weighted by Gasteiger charge is 2.21. The maximum atomic E-state index is 5.54. The molecule has 5 aromatic rings. The van der Waals surface area contributed by atoms with Crippen molar-refractivity contribution in [1.82, 2.24) is 25.3 Å². The molecule has 0 amide bonds. The molecule has 4 aromatic heterocycles. The molecule has 1 aliphatic heterocycles. The van der Waals surface area contributed by atoms with Crippen molar-refractivity contribution in [2.75, 3.05) is 31.2 Å². The van der Waals surface area contributed by atoms with Gasteiger partial charge in [0, 0.05) is 28.9 Å². The predicted octanol–water partition coefficient (Wildman–Crippen LogP) is 3.73. The summed E-state index contributed by atoms with van der Waals surface area (Å²) >= 11 is 1.66. The molecule has 0 atom stereocenters. The number of morpholine rings is 1. The number of nitrogens with zero attached hydrogens (tertiary/aromatic N) is 5. The van der Waals surface area contributed by atoms with Crippen LogP contribution in [-0.4, -0.2) is 51.6 Å². The van der Waals surface area contributed by atoms with Crippen LogP contribution in [0.25, 0.3) is 42.9 Å². The molecule has 1 aromatic carbocycles. The Hall–Kier alpha value is -3.30. The molecule has 6 rings (SSSR count). The van der Waals surface area contributed by atoms with E-state index >= 15 is 0 Å². The molecule has 1 saturated heterocycles. The molecule has 144 valence electrons. The molecule has 29 heavy (non-hydrogen) atoms. The van der Waals surface area contributed by atoms with E-state index in [2.05, 4.69) is 26.3 Å². The fourth-order valence-corrected chi connectivity index (χ4v) is 4.74. The average molecular weight is 404 g/mol. The third-order valence-corrected chi connectivity index (χ3v) is 6.28. The monoisotopic (exact) mass is 404 g/mol. The number of thiophene rings is 1. The highest BCUT2D eigenvalue weighted by molar-refractivity contribution is 7.22. The summed E-state index contributed by atoms with van der Waals surface area (Å²) < 4.78 is 11.6. The summed E-state index contributed by atoms with van der Waals surface area (Å²) in [5.41, 5.74) is 3.79. The average Bonchev–Trinajstić information content (AvgIpc) is 3.53. The Kier molecular flexibility index (Phi) is 3.81. The first-order valence-electron chi connectivity index (χ1n) is 9.33. The number of hydrogen-bond donors (Lipinski definition) is 1. The van der Waals surface area contributed by atoms with Gasteiger partial charge in [-0.25, -0.2) is 9.97 Å². The van der Waals surface area contributed by atoms with Crippen LogP contribution in [0, 0.1) is 0 Å². The van der Waals surface area contributed by atoms with Crippen LogP contribution in [0.1, 0.15) is 0 Å². The summed E-state index contributed by atoms with van der Waals surface area (Å²) in [5, 5.41) is 12.0. The van der Waals surface area contributed by atoms with E-state index in [-0.39, 0.29) is 0 Å². The molecule has 0 unspecified atom stereocenters. The fraction of sp³-hybridized carbons (Fsp3) is 0.200. The lowest BCUT2D eigenvalue weighted by atomic mass is 10.1. The van der Waals surface area contributed by atoms with Crippen LogP contribution in [0.15, 0.2) is 47.4 Å². The Morgan fingerprint density at radius 3 is 2.90 bits per heavy atom. The van der Waals surface area contributed by atoms with Crippen LogP contribution in [0.3, 0.4) is 0 Å². The van der Waals surface area contributed by atoms with E-state index in [1.54, 1.807) is 23.8 Å². The summed E-state index contributed by atoms with van der Waals surface area (Å²) in [6.45, 7) is 3.01. The van der Waals surface area contributed by atoms with E-state index in [1.165, 1.54) is 0 Å². The summed E-state index contributed by atoms with van der Waals surface area (Å²) in [5.74, 6) is 1.64. The zero-order valence-electron chi connectivity index (χ0n) is 15.3. The number of fused-ring (bicyclic) bond motifs is 2. The van der Waals surface area contributed by atoms with Crippen molar-refractivity contribution in [1.29, 1.82) is 0 Å². The van der Waals surface area contributed by atoms with Gasteiger partial charge in [0.25, 0.3) is 0 Å². The summed E-state index contributed by atoms with van der Waals surface area (Å²) in [6.07, 6.45) is 5.20. The maximum Gasteiger partial charge on any atom is 0.162 e. The zero-order chi connectivity index (χ0) is 19.2. The van der Waals surface area contributed by atoms with E-state index in [4.69, 9.17) is 19.2 Å². The third-order valence-electron chi connectivity index (χ3n) is 5.11. The van der Waals surface area contributed by atoms with Crippen molar-refractivity contribution in [3.63, 3.8) is 0 Å². The number of benzene rings is 1. The number of anilines is 1. The number of nitrogens with one attached hydrogen (secondary N) is 1. The minimum atomic E-state index is 0.695.